The molecule has 0 aliphatic carbocycles. The fourth-order valence-corrected chi connectivity index (χ4v) is 1.52. The Bertz CT molecular complexity index is 404. The van der Waals surface area contributed by atoms with Crippen molar-refractivity contribution in [3.63, 3.8) is 0 Å². The van der Waals surface area contributed by atoms with E-state index >= 15 is 0 Å². The SMILES string of the molecule is O=C(O)CNC(=O)C(CS)NC(=O)CCC(NO)C(=O)O. The second kappa shape index (κ2) is 9.96. The second-order valence-corrected chi connectivity index (χ2v) is 4.34. The van der Waals surface area contributed by atoms with Crippen molar-refractivity contribution >= 4 is 36.4 Å². The largest absolute Gasteiger partial charge is 0.480 e. The molecule has 0 heterocycles. The highest BCUT2D eigenvalue weighted by molar-refractivity contribution is 7.80. The number of thiol groups is 1. The molecular formula is C10H17N3O7S. The van der Waals surface area contributed by atoms with Crippen LogP contribution in [-0.2, 0) is 19.2 Å². The van der Waals surface area contributed by atoms with Gasteiger partial charge >= 0.3 is 11.9 Å². The third kappa shape index (κ3) is 8.12. The van der Waals surface area contributed by atoms with Crippen molar-refractivity contribution in [1.29, 1.82) is 0 Å². The highest BCUT2D eigenvalue weighted by atomic mass is 32.1. The molecular weight excluding hydrogens is 306 g/mol. The Morgan fingerprint density at radius 1 is 1.10 bits per heavy atom. The van der Waals surface area contributed by atoms with E-state index in [9.17, 15) is 19.2 Å². The molecule has 11 heteroatoms. The molecule has 0 spiro atoms. The Morgan fingerprint density at radius 3 is 2.14 bits per heavy atom. The zero-order valence-electron chi connectivity index (χ0n) is 10.9. The predicted octanol–water partition coefficient (Wildman–Crippen LogP) is -2.19. The van der Waals surface area contributed by atoms with Gasteiger partial charge in [-0.25, -0.2) is 0 Å². The molecule has 0 aromatic carbocycles. The molecule has 2 unspecified atom stereocenters. The second-order valence-electron chi connectivity index (χ2n) is 3.97. The average molecular weight is 323 g/mol. The van der Waals surface area contributed by atoms with Gasteiger partial charge in [0.15, 0.2) is 0 Å². The fraction of sp³-hybridized carbons (Fsp3) is 0.600. The predicted molar refractivity (Wildman–Crippen MR) is 72.0 cm³/mol. The van der Waals surface area contributed by atoms with Crippen LogP contribution in [0.3, 0.4) is 0 Å². The Labute approximate surface area is 125 Å². The Balaban J connectivity index is 4.29. The molecule has 0 radical (unpaired) electrons. The lowest BCUT2D eigenvalue weighted by atomic mass is 10.1. The number of carbonyl (C=O) groups is 4. The van der Waals surface area contributed by atoms with E-state index in [1.165, 1.54) is 0 Å². The minimum atomic E-state index is -1.32. The summed E-state index contributed by atoms with van der Waals surface area (Å²) in [6.07, 6.45) is -0.436. The minimum Gasteiger partial charge on any atom is -0.480 e. The van der Waals surface area contributed by atoms with Crippen molar-refractivity contribution in [3.05, 3.63) is 0 Å². The molecule has 0 saturated carbocycles. The summed E-state index contributed by atoms with van der Waals surface area (Å²) in [6, 6.07) is -2.34. The maximum absolute atomic E-state index is 11.6. The first kappa shape index (κ1) is 19.1. The fourth-order valence-electron chi connectivity index (χ4n) is 1.27. The normalized spacial score (nSPS) is 13.0. The number of rotatable bonds is 10. The van der Waals surface area contributed by atoms with Gasteiger partial charge in [0, 0.05) is 12.2 Å². The van der Waals surface area contributed by atoms with E-state index < -0.39 is 42.4 Å². The van der Waals surface area contributed by atoms with Crippen LogP contribution < -0.4 is 16.1 Å². The molecule has 0 aromatic rings. The summed E-state index contributed by atoms with van der Waals surface area (Å²) < 4.78 is 0. The molecule has 0 rings (SSSR count). The molecule has 21 heavy (non-hydrogen) atoms. The van der Waals surface area contributed by atoms with E-state index in [0.29, 0.717) is 0 Å². The number of hydrogen-bond donors (Lipinski definition) is 7. The molecule has 6 N–H and O–H groups in total. The lowest BCUT2D eigenvalue weighted by molar-refractivity contribution is -0.142. The van der Waals surface area contributed by atoms with E-state index in [4.69, 9.17) is 15.4 Å². The number of nitrogens with one attached hydrogen (secondary N) is 3. The number of hydrogen-bond acceptors (Lipinski definition) is 7. The molecule has 120 valence electrons. The third-order valence-corrected chi connectivity index (χ3v) is 2.73. The summed E-state index contributed by atoms with van der Waals surface area (Å²) in [5, 5.41) is 30.0. The summed E-state index contributed by atoms with van der Waals surface area (Å²) in [4.78, 5) is 44.0. The van der Waals surface area contributed by atoms with E-state index in [2.05, 4.69) is 23.3 Å². The molecule has 0 fully saturated rings. The van der Waals surface area contributed by atoms with Gasteiger partial charge in [0.2, 0.25) is 11.8 Å². The van der Waals surface area contributed by atoms with Crippen molar-refractivity contribution in [2.75, 3.05) is 12.3 Å². The van der Waals surface area contributed by atoms with E-state index in [-0.39, 0.29) is 18.6 Å². The number of hydroxylamine groups is 1. The lowest BCUT2D eigenvalue weighted by Gasteiger charge is -2.16. The first-order chi connectivity index (χ1) is 9.81. The Kier molecular flexibility index (Phi) is 9.08. The third-order valence-electron chi connectivity index (χ3n) is 2.36. The molecule has 10 nitrogen and oxygen atoms in total. The number of carboxylic acids is 2. The molecule has 2 atom stereocenters. The molecule has 0 aliphatic heterocycles. The molecule has 0 aliphatic rings. The highest BCUT2D eigenvalue weighted by Gasteiger charge is 2.22. The van der Waals surface area contributed by atoms with Crippen molar-refractivity contribution in [1.82, 2.24) is 16.1 Å². The van der Waals surface area contributed by atoms with E-state index in [1.54, 1.807) is 5.48 Å². The first-order valence-electron chi connectivity index (χ1n) is 5.84. The van der Waals surface area contributed by atoms with Gasteiger partial charge < -0.3 is 26.1 Å². The van der Waals surface area contributed by atoms with E-state index in [0.717, 1.165) is 0 Å². The zero-order valence-corrected chi connectivity index (χ0v) is 11.8. The number of amides is 2. The Hall–Kier alpha value is -1.85. The van der Waals surface area contributed by atoms with Crippen LogP contribution in [0.5, 0.6) is 0 Å². The molecule has 0 aromatic heterocycles. The summed E-state index contributed by atoms with van der Waals surface area (Å²) in [5.74, 6) is -3.95. The number of carboxylic acid groups (broad SMARTS) is 2. The summed E-state index contributed by atoms with van der Waals surface area (Å²) in [6.45, 7) is -0.589. The van der Waals surface area contributed by atoms with Crippen LogP contribution in [0.25, 0.3) is 0 Å². The van der Waals surface area contributed by atoms with Gasteiger partial charge in [-0.2, -0.15) is 18.1 Å². The quantitative estimate of drug-likeness (QED) is 0.176. The van der Waals surface area contributed by atoms with Crippen molar-refractivity contribution < 1.29 is 34.6 Å². The Morgan fingerprint density at radius 2 is 1.71 bits per heavy atom. The van der Waals surface area contributed by atoms with Gasteiger partial charge in [0.1, 0.15) is 18.6 Å². The summed E-state index contributed by atoms with van der Waals surface area (Å²) in [7, 11) is 0. The minimum absolute atomic E-state index is 0.0577. The maximum Gasteiger partial charge on any atom is 0.323 e. The standard InChI is InChI=1S/C10H17N3O7S/c14-7(2-1-5(13-20)10(18)19)12-6(4-21)9(17)11-3-8(15)16/h5-6,13,20-21H,1-4H2,(H,11,17)(H,12,14)(H,15,16)(H,18,19). The first-order valence-corrected chi connectivity index (χ1v) is 6.47. The van der Waals surface area contributed by atoms with E-state index in [1.807, 2.05) is 0 Å². The average Bonchev–Trinajstić information content (AvgIpc) is 2.42. The van der Waals surface area contributed by atoms with Crippen LogP contribution in [0.2, 0.25) is 0 Å². The van der Waals surface area contributed by atoms with Gasteiger partial charge in [0.05, 0.1) is 0 Å². The van der Waals surface area contributed by atoms with Crippen LogP contribution in [0, 0.1) is 0 Å². The lowest BCUT2D eigenvalue weighted by Crippen LogP contribution is -2.49. The van der Waals surface area contributed by atoms with Gasteiger partial charge in [-0.05, 0) is 6.42 Å². The van der Waals surface area contributed by atoms with Crippen molar-refractivity contribution in [2.45, 2.75) is 24.9 Å². The van der Waals surface area contributed by atoms with Gasteiger partial charge in [-0.3, -0.25) is 19.2 Å². The van der Waals surface area contributed by atoms with Gasteiger partial charge in [0.25, 0.3) is 0 Å². The monoisotopic (exact) mass is 323 g/mol. The molecule has 2 amide bonds. The smallest absolute Gasteiger partial charge is 0.323 e. The highest BCUT2D eigenvalue weighted by Crippen LogP contribution is 1.99. The zero-order chi connectivity index (χ0) is 16.4. The van der Waals surface area contributed by atoms with Crippen molar-refractivity contribution in [3.8, 4) is 0 Å². The van der Waals surface area contributed by atoms with Crippen LogP contribution in [-0.4, -0.2) is 63.6 Å². The van der Waals surface area contributed by atoms with Crippen LogP contribution in [0.15, 0.2) is 0 Å². The van der Waals surface area contributed by atoms with Gasteiger partial charge in [-0.15, -0.1) is 0 Å². The summed E-state index contributed by atoms with van der Waals surface area (Å²) in [5.41, 5.74) is 1.54. The number of aliphatic carboxylic acids is 2. The maximum atomic E-state index is 11.6. The van der Waals surface area contributed by atoms with Crippen LogP contribution >= 0.6 is 12.6 Å². The van der Waals surface area contributed by atoms with Crippen molar-refractivity contribution in [2.24, 2.45) is 0 Å². The van der Waals surface area contributed by atoms with Crippen LogP contribution in [0.1, 0.15) is 12.8 Å². The topological polar surface area (TPSA) is 165 Å². The summed E-state index contributed by atoms with van der Waals surface area (Å²) >= 11 is 3.86. The molecule has 0 bridgehead atoms. The number of carbonyl (C=O) groups excluding carboxylic acids is 2. The van der Waals surface area contributed by atoms with Gasteiger partial charge in [-0.1, -0.05) is 0 Å². The van der Waals surface area contributed by atoms with Crippen LogP contribution in [0.4, 0.5) is 0 Å². The molecule has 0 saturated heterocycles.